The SMILES string of the molecule is CC(C)C1=C(C(C)C)OC[C@H](O)C1. The highest BCUT2D eigenvalue weighted by molar-refractivity contribution is 5.16. The van der Waals surface area contributed by atoms with Gasteiger partial charge in [-0.1, -0.05) is 27.7 Å². The fraction of sp³-hybridized carbons (Fsp3) is 0.818. The summed E-state index contributed by atoms with van der Waals surface area (Å²) in [5, 5.41) is 9.47. The maximum Gasteiger partial charge on any atom is 0.114 e. The minimum Gasteiger partial charge on any atom is -0.495 e. The van der Waals surface area contributed by atoms with Crippen molar-refractivity contribution in [3.8, 4) is 0 Å². The average molecular weight is 184 g/mol. The van der Waals surface area contributed by atoms with Crippen LogP contribution in [0.3, 0.4) is 0 Å². The summed E-state index contributed by atoms with van der Waals surface area (Å²) in [5.41, 5.74) is 1.29. The molecule has 0 aromatic rings. The molecular weight excluding hydrogens is 164 g/mol. The molecule has 0 bridgehead atoms. The molecule has 0 saturated carbocycles. The highest BCUT2D eigenvalue weighted by atomic mass is 16.5. The van der Waals surface area contributed by atoms with Crippen molar-refractivity contribution in [3.63, 3.8) is 0 Å². The van der Waals surface area contributed by atoms with Gasteiger partial charge in [0.05, 0.1) is 11.9 Å². The summed E-state index contributed by atoms with van der Waals surface area (Å²) in [6.45, 7) is 9.03. The van der Waals surface area contributed by atoms with Crippen LogP contribution in [0.5, 0.6) is 0 Å². The highest BCUT2D eigenvalue weighted by Gasteiger charge is 2.23. The Kier molecular flexibility index (Phi) is 3.37. The molecule has 1 heterocycles. The van der Waals surface area contributed by atoms with Crippen molar-refractivity contribution in [3.05, 3.63) is 11.3 Å². The lowest BCUT2D eigenvalue weighted by atomic mass is 9.91. The Hall–Kier alpha value is -0.500. The lowest BCUT2D eigenvalue weighted by molar-refractivity contribution is 0.0395. The smallest absolute Gasteiger partial charge is 0.114 e. The third-order valence-electron chi connectivity index (χ3n) is 2.42. The molecular formula is C11H20O2. The third kappa shape index (κ3) is 2.47. The Balaban J connectivity index is 2.87. The minimum atomic E-state index is -0.306. The van der Waals surface area contributed by atoms with Gasteiger partial charge >= 0.3 is 0 Å². The van der Waals surface area contributed by atoms with Crippen LogP contribution in [-0.2, 0) is 4.74 Å². The quantitative estimate of drug-likeness (QED) is 0.713. The normalized spacial score (nSPS) is 24.1. The number of aliphatic hydroxyl groups excluding tert-OH is 1. The van der Waals surface area contributed by atoms with Crippen LogP contribution in [0.2, 0.25) is 0 Å². The molecule has 0 radical (unpaired) electrons. The van der Waals surface area contributed by atoms with Gasteiger partial charge < -0.3 is 9.84 Å². The Bertz CT molecular complexity index is 204. The highest BCUT2D eigenvalue weighted by Crippen LogP contribution is 2.30. The lowest BCUT2D eigenvalue weighted by Crippen LogP contribution is -2.25. The van der Waals surface area contributed by atoms with Gasteiger partial charge in [0, 0.05) is 12.3 Å². The van der Waals surface area contributed by atoms with Gasteiger partial charge in [0.2, 0.25) is 0 Å². The number of allylic oxidation sites excluding steroid dienone is 1. The predicted molar refractivity (Wildman–Crippen MR) is 53.3 cm³/mol. The fourth-order valence-electron chi connectivity index (χ4n) is 1.75. The summed E-state index contributed by atoms with van der Waals surface area (Å²) < 4.78 is 5.56. The standard InChI is InChI=1S/C11H20O2/c1-7(2)10-5-9(12)6-13-11(10)8(3)4/h7-9,12H,5-6H2,1-4H3/t9-/m1/s1. The van der Waals surface area contributed by atoms with E-state index in [-0.39, 0.29) is 6.10 Å². The van der Waals surface area contributed by atoms with Crippen molar-refractivity contribution in [2.45, 2.75) is 40.2 Å². The first-order valence-electron chi connectivity index (χ1n) is 5.06. The Morgan fingerprint density at radius 1 is 1.23 bits per heavy atom. The van der Waals surface area contributed by atoms with Crippen LogP contribution < -0.4 is 0 Å². The third-order valence-corrected chi connectivity index (χ3v) is 2.42. The molecule has 0 aromatic carbocycles. The van der Waals surface area contributed by atoms with Gasteiger partial charge in [-0.3, -0.25) is 0 Å². The molecule has 1 aliphatic rings. The van der Waals surface area contributed by atoms with Crippen LogP contribution in [0.15, 0.2) is 11.3 Å². The number of hydrogen-bond acceptors (Lipinski definition) is 2. The summed E-state index contributed by atoms with van der Waals surface area (Å²) in [6, 6.07) is 0. The monoisotopic (exact) mass is 184 g/mol. The minimum absolute atomic E-state index is 0.306. The first-order valence-corrected chi connectivity index (χ1v) is 5.06. The van der Waals surface area contributed by atoms with Crippen molar-refractivity contribution in [2.75, 3.05) is 6.61 Å². The van der Waals surface area contributed by atoms with Crippen molar-refractivity contribution in [1.29, 1.82) is 0 Å². The first-order chi connectivity index (χ1) is 6.02. The van der Waals surface area contributed by atoms with Gasteiger partial charge in [0.1, 0.15) is 6.61 Å². The largest absolute Gasteiger partial charge is 0.495 e. The van der Waals surface area contributed by atoms with Crippen LogP contribution in [0.25, 0.3) is 0 Å². The van der Waals surface area contributed by atoms with Crippen LogP contribution >= 0.6 is 0 Å². The van der Waals surface area contributed by atoms with Gasteiger partial charge in [-0.2, -0.15) is 0 Å². The van der Waals surface area contributed by atoms with E-state index in [2.05, 4.69) is 27.7 Å². The molecule has 0 amide bonds. The molecule has 0 aliphatic carbocycles. The molecule has 1 aliphatic heterocycles. The van der Waals surface area contributed by atoms with E-state index in [9.17, 15) is 5.11 Å². The second-order valence-corrected chi connectivity index (χ2v) is 4.37. The Morgan fingerprint density at radius 2 is 1.85 bits per heavy atom. The molecule has 0 unspecified atom stereocenters. The number of aliphatic hydroxyl groups is 1. The molecule has 13 heavy (non-hydrogen) atoms. The summed E-state index contributed by atoms with van der Waals surface area (Å²) in [7, 11) is 0. The predicted octanol–water partition coefficient (Wildman–Crippen LogP) is 2.33. The van der Waals surface area contributed by atoms with Crippen molar-refractivity contribution in [2.24, 2.45) is 11.8 Å². The topological polar surface area (TPSA) is 29.5 Å². The molecule has 1 rings (SSSR count). The Morgan fingerprint density at radius 3 is 2.31 bits per heavy atom. The fourth-order valence-corrected chi connectivity index (χ4v) is 1.75. The molecule has 0 saturated heterocycles. The summed E-state index contributed by atoms with van der Waals surface area (Å²) >= 11 is 0. The van der Waals surface area contributed by atoms with Gasteiger partial charge in [-0.05, 0) is 11.5 Å². The molecule has 0 spiro atoms. The van der Waals surface area contributed by atoms with Crippen LogP contribution in [0.4, 0.5) is 0 Å². The molecule has 76 valence electrons. The van der Waals surface area contributed by atoms with Gasteiger partial charge in [-0.15, -0.1) is 0 Å². The molecule has 0 fully saturated rings. The summed E-state index contributed by atoms with van der Waals surface area (Å²) in [6.07, 6.45) is 0.477. The summed E-state index contributed by atoms with van der Waals surface area (Å²) in [4.78, 5) is 0. The zero-order valence-corrected chi connectivity index (χ0v) is 9.00. The first kappa shape index (κ1) is 10.6. The van der Waals surface area contributed by atoms with Crippen molar-refractivity contribution >= 4 is 0 Å². The molecule has 0 aromatic heterocycles. The van der Waals surface area contributed by atoms with Gasteiger partial charge in [0.15, 0.2) is 0 Å². The zero-order valence-electron chi connectivity index (χ0n) is 9.00. The van der Waals surface area contributed by atoms with Crippen molar-refractivity contribution in [1.82, 2.24) is 0 Å². The van der Waals surface area contributed by atoms with Crippen molar-refractivity contribution < 1.29 is 9.84 Å². The second kappa shape index (κ2) is 4.14. The van der Waals surface area contributed by atoms with E-state index in [0.29, 0.717) is 18.4 Å². The number of ether oxygens (including phenoxy) is 1. The molecule has 2 heteroatoms. The zero-order chi connectivity index (χ0) is 10.0. The lowest BCUT2D eigenvalue weighted by Gasteiger charge is -2.29. The number of rotatable bonds is 2. The van der Waals surface area contributed by atoms with Gasteiger partial charge in [0.25, 0.3) is 0 Å². The Labute approximate surface area is 80.6 Å². The molecule has 1 atom stereocenters. The number of hydrogen-bond donors (Lipinski definition) is 1. The van der Waals surface area contributed by atoms with Gasteiger partial charge in [-0.25, -0.2) is 0 Å². The van der Waals surface area contributed by atoms with E-state index in [1.807, 2.05) is 0 Å². The van der Waals surface area contributed by atoms with Crippen LogP contribution in [-0.4, -0.2) is 17.8 Å². The van der Waals surface area contributed by atoms with Crippen LogP contribution in [0.1, 0.15) is 34.1 Å². The van der Waals surface area contributed by atoms with E-state index >= 15 is 0 Å². The summed E-state index contributed by atoms with van der Waals surface area (Å²) in [5.74, 6) is 2.01. The maximum atomic E-state index is 9.47. The van der Waals surface area contributed by atoms with E-state index in [4.69, 9.17) is 4.74 Å². The maximum absolute atomic E-state index is 9.47. The molecule has 1 N–H and O–H groups in total. The second-order valence-electron chi connectivity index (χ2n) is 4.37. The van der Waals surface area contributed by atoms with E-state index in [1.165, 1.54) is 5.57 Å². The molecule has 2 nitrogen and oxygen atoms in total. The van der Waals surface area contributed by atoms with Crippen LogP contribution in [0, 0.1) is 11.8 Å². The average Bonchev–Trinajstić information content (AvgIpc) is 2.03. The van der Waals surface area contributed by atoms with E-state index < -0.39 is 0 Å². The van der Waals surface area contributed by atoms with E-state index in [0.717, 1.165) is 12.2 Å². The van der Waals surface area contributed by atoms with E-state index in [1.54, 1.807) is 0 Å².